The number of rotatable bonds is 9. The van der Waals surface area contributed by atoms with Crippen molar-refractivity contribution in [1.82, 2.24) is 4.72 Å². The Balaban J connectivity index is 2.13. The van der Waals surface area contributed by atoms with Gasteiger partial charge in [0.25, 0.3) is 0 Å². The van der Waals surface area contributed by atoms with Crippen molar-refractivity contribution in [2.24, 2.45) is 0 Å². The number of sulfonamides is 1. The monoisotopic (exact) mass is 440 g/mol. The second kappa shape index (κ2) is 10.1. The molecule has 0 spiro atoms. The molecule has 0 aromatic heterocycles. The van der Waals surface area contributed by atoms with E-state index in [1.165, 1.54) is 19.2 Å². The lowest BCUT2D eigenvalue weighted by Crippen LogP contribution is -2.21. The summed E-state index contributed by atoms with van der Waals surface area (Å²) in [6, 6.07) is 21.2. The van der Waals surface area contributed by atoms with Gasteiger partial charge in [-0.25, -0.2) is 17.9 Å². The third-order valence-corrected chi connectivity index (χ3v) is 5.83. The second-order valence-corrected chi connectivity index (χ2v) is 8.39. The first-order valence-electron chi connectivity index (χ1n) is 9.74. The minimum absolute atomic E-state index is 0.0875. The summed E-state index contributed by atoms with van der Waals surface area (Å²) in [5.41, 5.74) is 1.44. The number of benzene rings is 3. The zero-order chi connectivity index (χ0) is 22.3. The highest BCUT2D eigenvalue weighted by Crippen LogP contribution is 2.38. The van der Waals surface area contributed by atoms with Crippen LogP contribution in [0, 0.1) is 0 Å². The third kappa shape index (κ3) is 5.62. The van der Waals surface area contributed by atoms with E-state index in [0.717, 1.165) is 5.56 Å². The lowest BCUT2D eigenvalue weighted by Gasteiger charge is -2.18. The molecule has 3 aromatic carbocycles. The maximum Gasteiger partial charge on any atom is 0.338 e. The third-order valence-electron chi connectivity index (χ3n) is 4.41. The fourth-order valence-electron chi connectivity index (χ4n) is 2.88. The van der Waals surface area contributed by atoms with Crippen LogP contribution in [0.25, 0.3) is 0 Å². The van der Waals surface area contributed by atoms with Gasteiger partial charge < -0.3 is 14.8 Å². The molecule has 0 saturated heterocycles. The van der Waals surface area contributed by atoms with Crippen molar-refractivity contribution in [1.29, 1.82) is 0 Å². The second-order valence-electron chi connectivity index (χ2n) is 6.53. The maximum atomic E-state index is 12.8. The summed E-state index contributed by atoms with van der Waals surface area (Å²) >= 11 is 0. The van der Waals surface area contributed by atoms with Gasteiger partial charge >= 0.3 is 5.97 Å². The van der Waals surface area contributed by atoms with Crippen LogP contribution in [-0.2, 0) is 21.3 Å². The van der Waals surface area contributed by atoms with E-state index in [-0.39, 0.29) is 22.8 Å². The highest BCUT2D eigenvalue weighted by Gasteiger charge is 2.25. The van der Waals surface area contributed by atoms with E-state index in [4.69, 9.17) is 9.47 Å². The summed E-state index contributed by atoms with van der Waals surface area (Å²) < 4.78 is 39.0. The van der Waals surface area contributed by atoms with Crippen molar-refractivity contribution in [3.05, 3.63) is 83.9 Å². The molecule has 0 aliphatic heterocycles. The van der Waals surface area contributed by atoms with Gasteiger partial charge in [-0.1, -0.05) is 48.5 Å². The van der Waals surface area contributed by atoms with Crippen LogP contribution in [0.2, 0.25) is 0 Å². The Morgan fingerprint density at radius 2 is 1.61 bits per heavy atom. The summed E-state index contributed by atoms with van der Waals surface area (Å²) in [4.78, 5) is 12.2. The molecular weight excluding hydrogens is 416 g/mol. The van der Waals surface area contributed by atoms with Gasteiger partial charge in [0.15, 0.2) is 5.75 Å². The number of carbonyl (C=O) groups excluding carboxylic acids is 1. The van der Waals surface area contributed by atoms with E-state index in [1.54, 1.807) is 31.2 Å². The van der Waals surface area contributed by atoms with Crippen LogP contribution in [0.1, 0.15) is 22.8 Å². The van der Waals surface area contributed by atoms with Crippen molar-refractivity contribution in [2.75, 3.05) is 19.0 Å². The molecule has 0 amide bonds. The number of para-hydroxylation sites is 1. The zero-order valence-corrected chi connectivity index (χ0v) is 18.1. The molecule has 0 radical (unpaired) electrons. The van der Waals surface area contributed by atoms with Crippen molar-refractivity contribution < 1.29 is 22.7 Å². The molecule has 0 bridgehead atoms. The molecule has 0 atom stereocenters. The Labute approximate surface area is 182 Å². The van der Waals surface area contributed by atoms with Crippen LogP contribution in [0.15, 0.2) is 77.7 Å². The molecule has 8 heteroatoms. The van der Waals surface area contributed by atoms with Crippen LogP contribution in [0.5, 0.6) is 11.5 Å². The van der Waals surface area contributed by atoms with Gasteiger partial charge in [-0.15, -0.1) is 0 Å². The van der Waals surface area contributed by atoms with Gasteiger partial charge in [-0.05, 0) is 43.8 Å². The molecule has 0 fully saturated rings. The Bertz CT molecular complexity index is 1130. The molecule has 31 heavy (non-hydrogen) atoms. The minimum atomic E-state index is -3.95. The van der Waals surface area contributed by atoms with Gasteiger partial charge in [0.2, 0.25) is 10.0 Å². The zero-order valence-electron chi connectivity index (χ0n) is 17.3. The van der Waals surface area contributed by atoms with Crippen molar-refractivity contribution in [3.63, 3.8) is 0 Å². The molecular formula is C23H24N2O5S. The van der Waals surface area contributed by atoms with E-state index in [0.29, 0.717) is 18.0 Å². The predicted molar refractivity (Wildman–Crippen MR) is 119 cm³/mol. The van der Waals surface area contributed by atoms with Gasteiger partial charge in [0.1, 0.15) is 10.6 Å². The number of ether oxygens (including phenoxy) is 2. The topological polar surface area (TPSA) is 93.7 Å². The molecule has 0 aliphatic rings. The van der Waals surface area contributed by atoms with Crippen molar-refractivity contribution in [2.45, 2.75) is 18.4 Å². The lowest BCUT2D eigenvalue weighted by atomic mass is 10.1. The first-order chi connectivity index (χ1) is 14.9. The van der Waals surface area contributed by atoms with Crippen molar-refractivity contribution >= 4 is 21.7 Å². The average Bonchev–Trinajstić information content (AvgIpc) is 2.79. The Hall–Kier alpha value is -3.36. The van der Waals surface area contributed by atoms with Crippen LogP contribution < -0.4 is 14.8 Å². The number of nitrogens with one attached hydrogen (secondary N) is 2. The molecule has 3 rings (SSSR count). The molecule has 162 valence electrons. The van der Waals surface area contributed by atoms with E-state index >= 15 is 0 Å². The van der Waals surface area contributed by atoms with Crippen LogP contribution in [0.3, 0.4) is 0 Å². The average molecular weight is 441 g/mol. The number of hydrogen-bond acceptors (Lipinski definition) is 6. The summed E-state index contributed by atoms with van der Waals surface area (Å²) in [6.45, 7) is 2.25. The molecule has 0 heterocycles. The fourth-order valence-corrected chi connectivity index (χ4v) is 3.78. The number of carbonyl (C=O) groups is 1. The van der Waals surface area contributed by atoms with Crippen LogP contribution >= 0.6 is 0 Å². The summed E-state index contributed by atoms with van der Waals surface area (Å²) in [6.07, 6.45) is 0. The van der Waals surface area contributed by atoms with E-state index in [1.807, 2.05) is 36.4 Å². The number of hydrogen-bond donors (Lipinski definition) is 2. The highest BCUT2D eigenvalue weighted by molar-refractivity contribution is 7.89. The predicted octanol–water partition coefficient (Wildman–Crippen LogP) is 4.18. The number of anilines is 1. The summed E-state index contributed by atoms with van der Waals surface area (Å²) in [7, 11) is -2.65. The molecule has 3 aromatic rings. The quantitative estimate of drug-likeness (QED) is 0.485. The summed E-state index contributed by atoms with van der Waals surface area (Å²) in [5.74, 6) is -0.0738. The van der Waals surface area contributed by atoms with E-state index < -0.39 is 16.0 Å². The minimum Gasteiger partial charge on any atom is -0.462 e. The van der Waals surface area contributed by atoms with Crippen molar-refractivity contribution in [3.8, 4) is 11.5 Å². The smallest absolute Gasteiger partial charge is 0.338 e. The van der Waals surface area contributed by atoms with Crippen LogP contribution in [-0.4, -0.2) is 28.0 Å². The van der Waals surface area contributed by atoms with E-state index in [9.17, 15) is 13.2 Å². The molecule has 0 unspecified atom stereocenters. The largest absolute Gasteiger partial charge is 0.462 e. The molecule has 2 N–H and O–H groups in total. The van der Waals surface area contributed by atoms with Gasteiger partial charge in [-0.3, -0.25) is 0 Å². The Morgan fingerprint density at radius 3 is 2.23 bits per heavy atom. The molecule has 0 aliphatic carbocycles. The standard InChI is InChI=1S/C23H24N2O5S/c1-3-29-23(26)18-14-20(25-16-17-10-6-4-7-11-17)22(21(15-18)31(27,28)24-2)30-19-12-8-5-9-13-19/h4-15,24-25H,3,16H2,1-2H3. The Morgan fingerprint density at radius 1 is 0.968 bits per heavy atom. The molecule has 7 nitrogen and oxygen atoms in total. The normalized spacial score (nSPS) is 11.0. The van der Waals surface area contributed by atoms with Gasteiger partial charge in [-0.2, -0.15) is 0 Å². The molecule has 0 saturated carbocycles. The Kier molecular flexibility index (Phi) is 7.28. The van der Waals surface area contributed by atoms with Crippen LogP contribution in [0.4, 0.5) is 5.69 Å². The first-order valence-corrected chi connectivity index (χ1v) is 11.2. The van der Waals surface area contributed by atoms with Gasteiger partial charge in [0.05, 0.1) is 17.9 Å². The van der Waals surface area contributed by atoms with Gasteiger partial charge in [0, 0.05) is 6.54 Å². The maximum absolute atomic E-state index is 12.8. The lowest BCUT2D eigenvalue weighted by molar-refractivity contribution is 0.0526. The van der Waals surface area contributed by atoms with E-state index in [2.05, 4.69) is 10.0 Å². The number of esters is 1. The SMILES string of the molecule is CCOC(=O)c1cc(NCc2ccccc2)c(Oc2ccccc2)c(S(=O)(=O)NC)c1. The first kappa shape index (κ1) is 22.3. The highest BCUT2D eigenvalue weighted by atomic mass is 32.2. The summed E-state index contributed by atoms with van der Waals surface area (Å²) in [5, 5.41) is 3.20. The fraction of sp³-hybridized carbons (Fsp3) is 0.174.